The fraction of sp³-hybridized carbons (Fsp3) is 0.862. The van der Waals surface area contributed by atoms with Gasteiger partial charge in [-0.25, -0.2) is 16.8 Å². The molecule has 2 aliphatic rings. The van der Waals surface area contributed by atoms with E-state index in [1.807, 2.05) is 0 Å². The summed E-state index contributed by atoms with van der Waals surface area (Å²) in [6, 6.07) is 0. The van der Waals surface area contributed by atoms with Crippen molar-refractivity contribution < 1.29 is 46.3 Å². The van der Waals surface area contributed by atoms with E-state index in [0.717, 1.165) is 13.3 Å². The number of hydrogen-bond donors (Lipinski definition) is 0. The van der Waals surface area contributed by atoms with Crippen molar-refractivity contribution in [1.29, 1.82) is 0 Å². The van der Waals surface area contributed by atoms with Crippen LogP contribution in [0, 0.1) is 0 Å². The van der Waals surface area contributed by atoms with Gasteiger partial charge in [0.25, 0.3) is 0 Å². The first-order chi connectivity index (χ1) is 16.8. The zero-order chi connectivity index (χ0) is 28.0. The highest BCUT2D eigenvalue weighted by Gasteiger charge is 2.07. The van der Waals surface area contributed by atoms with Gasteiger partial charge in [0.1, 0.15) is 0 Å². The molecule has 0 aliphatic carbocycles. The molecular weight excluding hydrogens is 632 g/mol. The van der Waals surface area contributed by atoms with Crippen molar-refractivity contribution in [2.24, 2.45) is 0 Å². The standard InChI is InChI=1S/2C8H16N2.C4H10O4S.C2H6O4S.7CH4.ClH/c2*1-3-4-5-10-7-6-9(2)8-10;1-3-7-9(5,6)8-4-2;1-2-6-7(3,4)5;;;;;;;;/h2*6-7H,3-5,8H2,1-2H3;3-4H2,1-2H3;2H2,1H3,(H,3,4,5);7*1H4;1H/p-2. The van der Waals surface area contributed by atoms with Crippen molar-refractivity contribution in [2.45, 2.75) is 112 Å². The number of rotatable bonds is 12. The summed E-state index contributed by atoms with van der Waals surface area (Å²) in [7, 11) is -3.91. The normalized spacial score (nSPS) is 12.0. The lowest BCUT2D eigenvalue weighted by atomic mass is 10.3. The first kappa shape index (κ1) is 69.4. The summed E-state index contributed by atoms with van der Waals surface area (Å²) in [4.78, 5) is 9.05. The van der Waals surface area contributed by atoms with E-state index in [1.165, 1.54) is 45.7 Å². The van der Waals surface area contributed by atoms with Crippen LogP contribution in [0.5, 0.6) is 0 Å². The van der Waals surface area contributed by atoms with Gasteiger partial charge in [0.15, 0.2) is 0 Å². The Morgan fingerprint density at radius 3 is 1.05 bits per heavy atom. The van der Waals surface area contributed by atoms with Crippen molar-refractivity contribution in [3.8, 4) is 0 Å². The molecule has 280 valence electrons. The Bertz CT molecular complexity index is 761. The average molecular weight is 708 g/mol. The van der Waals surface area contributed by atoms with Crippen LogP contribution in [0.15, 0.2) is 24.8 Å². The van der Waals surface area contributed by atoms with E-state index in [4.69, 9.17) is 0 Å². The van der Waals surface area contributed by atoms with Gasteiger partial charge in [-0.2, -0.15) is 8.42 Å². The van der Waals surface area contributed by atoms with Gasteiger partial charge >= 0.3 is 10.4 Å². The molecule has 44 heavy (non-hydrogen) atoms. The molecule has 2 heterocycles. The maximum atomic E-state index is 10.4. The quantitative estimate of drug-likeness (QED) is 0.213. The van der Waals surface area contributed by atoms with Crippen LogP contribution in [0.2, 0.25) is 0 Å². The van der Waals surface area contributed by atoms with Crippen LogP contribution in [0.1, 0.15) is 112 Å². The third-order valence-electron chi connectivity index (χ3n) is 4.26. The Kier molecular flexibility index (Phi) is 65.8. The monoisotopic (exact) mass is 706 g/mol. The molecule has 0 fully saturated rings. The van der Waals surface area contributed by atoms with Gasteiger partial charge in [0, 0.05) is 52.0 Å². The molecule has 2 rings (SSSR count). The molecule has 0 unspecified atom stereocenters. The van der Waals surface area contributed by atoms with Crippen LogP contribution in [-0.4, -0.2) is 101 Å². The largest absolute Gasteiger partial charge is 1.00 e. The van der Waals surface area contributed by atoms with Crippen LogP contribution >= 0.6 is 0 Å². The Hall–Kier alpha value is -1.29. The molecule has 0 radical (unpaired) electrons. The van der Waals surface area contributed by atoms with E-state index >= 15 is 0 Å². The molecule has 15 heteroatoms. The molecule has 0 spiro atoms. The molecule has 0 aromatic heterocycles. The molecule has 0 aromatic rings. The Morgan fingerprint density at radius 2 is 0.886 bits per heavy atom. The summed E-state index contributed by atoms with van der Waals surface area (Å²) in [5.74, 6) is 0. The smallest absolute Gasteiger partial charge is 0.399 e. The van der Waals surface area contributed by atoms with Crippen molar-refractivity contribution >= 4 is 20.8 Å². The number of hydrogen-bond acceptors (Lipinski definition) is 12. The highest BCUT2D eigenvalue weighted by Crippen LogP contribution is 2.05. The summed E-state index contributed by atoms with van der Waals surface area (Å²) in [5, 5.41) is 0. The van der Waals surface area contributed by atoms with E-state index in [2.05, 4.69) is 84.9 Å². The fourth-order valence-electron chi connectivity index (χ4n) is 2.66. The third kappa shape index (κ3) is 47.6. The van der Waals surface area contributed by atoms with Gasteiger partial charge in [-0.15, -0.1) is 0 Å². The van der Waals surface area contributed by atoms with Crippen molar-refractivity contribution in [3.05, 3.63) is 24.8 Å². The van der Waals surface area contributed by atoms with Crippen LogP contribution in [0.4, 0.5) is 0 Å². The predicted molar refractivity (Wildman–Crippen MR) is 187 cm³/mol. The number of nitrogens with zero attached hydrogens (tertiary/aromatic N) is 4. The number of unbranched alkanes of at least 4 members (excludes halogenated alkanes) is 2. The van der Waals surface area contributed by atoms with Gasteiger partial charge in [0.2, 0.25) is 10.4 Å². The maximum Gasteiger partial charge on any atom is 0.399 e. The molecule has 12 nitrogen and oxygen atoms in total. The summed E-state index contributed by atoms with van der Waals surface area (Å²) < 4.78 is 61.2. The number of halogens is 1. The molecule has 0 aromatic carbocycles. The van der Waals surface area contributed by atoms with E-state index in [1.54, 1.807) is 13.8 Å². The van der Waals surface area contributed by atoms with Crippen molar-refractivity contribution in [2.75, 3.05) is 60.3 Å². The molecule has 0 amide bonds. The SMILES string of the molecule is C.C.C.C.C.C.C.CCCCN1C=CN(C)C1.CCCCN1C=CN(C)C1.CCOS(=O)(=O)OCC.CCOS(=O)(=O)[O-].[Cl-]. The van der Waals surface area contributed by atoms with Gasteiger partial charge in [-0.05, 0) is 33.6 Å². The fourth-order valence-corrected chi connectivity index (χ4v) is 3.59. The van der Waals surface area contributed by atoms with Gasteiger partial charge < -0.3 is 36.6 Å². The van der Waals surface area contributed by atoms with Crippen molar-refractivity contribution in [3.63, 3.8) is 0 Å². The highest BCUT2D eigenvalue weighted by molar-refractivity contribution is 7.81. The van der Waals surface area contributed by atoms with Gasteiger partial charge in [-0.1, -0.05) is 78.7 Å². The van der Waals surface area contributed by atoms with Gasteiger partial charge in [-0.3, -0.25) is 4.18 Å². The average Bonchev–Trinajstić information content (AvgIpc) is 3.38. The topological polar surface area (TPSA) is 132 Å². The second-order valence-corrected chi connectivity index (χ2v) is 10.1. The lowest BCUT2D eigenvalue weighted by molar-refractivity contribution is -0.0000236. The lowest BCUT2D eigenvalue weighted by Gasteiger charge is -2.17. The summed E-state index contributed by atoms with van der Waals surface area (Å²) in [6.07, 6.45) is 13.7. The minimum atomic E-state index is -4.42. The van der Waals surface area contributed by atoms with Crippen LogP contribution in [0.3, 0.4) is 0 Å². The minimum absolute atomic E-state index is 0. The van der Waals surface area contributed by atoms with E-state index in [0.29, 0.717) is 0 Å². The van der Waals surface area contributed by atoms with Crippen LogP contribution < -0.4 is 12.4 Å². The van der Waals surface area contributed by atoms with Crippen LogP contribution in [-0.2, 0) is 33.3 Å². The summed E-state index contributed by atoms with van der Waals surface area (Å²) in [5.41, 5.74) is 0. The Balaban J connectivity index is -0.0000000416. The Labute approximate surface area is 283 Å². The van der Waals surface area contributed by atoms with Crippen molar-refractivity contribution in [1.82, 2.24) is 19.6 Å². The Morgan fingerprint density at radius 1 is 0.591 bits per heavy atom. The highest BCUT2D eigenvalue weighted by atomic mass is 35.5. The third-order valence-corrected chi connectivity index (χ3v) is 5.83. The first-order valence-electron chi connectivity index (χ1n) is 12.2. The lowest BCUT2D eigenvalue weighted by Crippen LogP contribution is -3.00. The first-order valence-corrected chi connectivity index (χ1v) is 14.9. The maximum absolute atomic E-state index is 10.4. The van der Waals surface area contributed by atoms with Crippen LogP contribution in [0.25, 0.3) is 0 Å². The summed E-state index contributed by atoms with van der Waals surface area (Å²) in [6.45, 7) is 13.7. The zero-order valence-electron chi connectivity index (χ0n) is 23.3. The molecular formula is C29H75ClN4O8S2-2. The molecule has 0 N–H and O–H groups in total. The van der Waals surface area contributed by atoms with E-state index in [-0.39, 0.29) is 84.2 Å². The predicted octanol–water partition coefficient (Wildman–Crippen LogP) is 4.17. The molecule has 0 bridgehead atoms. The summed E-state index contributed by atoms with van der Waals surface area (Å²) >= 11 is 0. The second-order valence-electron chi connectivity index (χ2n) is 7.76. The molecule has 0 saturated heterocycles. The zero-order valence-corrected chi connectivity index (χ0v) is 25.7. The van der Waals surface area contributed by atoms with E-state index < -0.39 is 20.8 Å². The van der Waals surface area contributed by atoms with E-state index in [9.17, 15) is 21.4 Å². The molecule has 0 atom stereocenters. The second kappa shape index (κ2) is 41.7. The van der Waals surface area contributed by atoms with Gasteiger partial charge in [0.05, 0.1) is 33.2 Å². The molecule has 2 aliphatic heterocycles. The molecule has 0 saturated carbocycles. The minimum Gasteiger partial charge on any atom is -1.00 e.